The number of carbonyl (C=O) groups is 2. The predicted molar refractivity (Wildman–Crippen MR) is 107 cm³/mol. The second kappa shape index (κ2) is 8.38. The van der Waals surface area contributed by atoms with Gasteiger partial charge in [-0.15, -0.1) is 0 Å². The maximum absolute atomic E-state index is 12.4. The Morgan fingerprint density at radius 3 is 2.22 bits per heavy atom. The van der Waals surface area contributed by atoms with Crippen LogP contribution in [0.4, 0.5) is 11.4 Å². The zero-order valence-corrected chi connectivity index (χ0v) is 15.3. The largest absolute Gasteiger partial charge is 0.497 e. The molecule has 0 saturated heterocycles. The summed E-state index contributed by atoms with van der Waals surface area (Å²) >= 11 is 6.03. The lowest BCUT2D eigenvalue weighted by molar-refractivity contribution is 0.102. The summed E-state index contributed by atoms with van der Waals surface area (Å²) in [6.07, 6.45) is 0. The number of hydrogen-bond acceptors (Lipinski definition) is 3. The van der Waals surface area contributed by atoms with Crippen molar-refractivity contribution >= 4 is 34.8 Å². The van der Waals surface area contributed by atoms with Crippen LogP contribution in [0.5, 0.6) is 5.75 Å². The van der Waals surface area contributed by atoms with Crippen LogP contribution in [0.2, 0.25) is 5.02 Å². The lowest BCUT2D eigenvalue weighted by atomic mass is 10.1. The van der Waals surface area contributed by atoms with Crippen LogP contribution in [0.1, 0.15) is 20.7 Å². The number of amides is 2. The summed E-state index contributed by atoms with van der Waals surface area (Å²) in [5.41, 5.74) is 2.06. The minimum absolute atomic E-state index is 0.257. The number of carbonyl (C=O) groups excluding carboxylic acids is 2. The topological polar surface area (TPSA) is 67.4 Å². The van der Waals surface area contributed by atoms with Gasteiger partial charge in [0.05, 0.1) is 17.7 Å². The molecule has 0 fully saturated rings. The van der Waals surface area contributed by atoms with Crippen molar-refractivity contribution in [1.29, 1.82) is 0 Å². The van der Waals surface area contributed by atoms with Crippen molar-refractivity contribution in [2.24, 2.45) is 0 Å². The standard InChI is InChI=1S/C21H17ClN2O3/c1-27-17-6-4-5-16(13-17)24-20(25)14-9-11-15(12-10-14)23-21(26)18-7-2-3-8-19(18)22/h2-13H,1H3,(H,23,26)(H,24,25). The molecule has 6 heteroatoms. The molecule has 3 rings (SSSR count). The van der Waals surface area contributed by atoms with E-state index in [1.165, 1.54) is 0 Å². The van der Waals surface area contributed by atoms with Crippen molar-refractivity contribution in [3.63, 3.8) is 0 Å². The lowest BCUT2D eigenvalue weighted by Crippen LogP contribution is -2.14. The molecule has 2 N–H and O–H groups in total. The van der Waals surface area contributed by atoms with Gasteiger partial charge in [-0.25, -0.2) is 0 Å². The molecule has 0 heterocycles. The molecule has 0 aliphatic rings. The zero-order chi connectivity index (χ0) is 19.2. The van der Waals surface area contributed by atoms with E-state index >= 15 is 0 Å². The number of halogens is 1. The van der Waals surface area contributed by atoms with Crippen molar-refractivity contribution in [2.75, 3.05) is 17.7 Å². The van der Waals surface area contributed by atoms with Crippen LogP contribution in [-0.2, 0) is 0 Å². The van der Waals surface area contributed by atoms with Crippen molar-refractivity contribution in [2.45, 2.75) is 0 Å². The fraction of sp³-hybridized carbons (Fsp3) is 0.0476. The highest BCUT2D eigenvalue weighted by Gasteiger charge is 2.11. The molecular formula is C21H17ClN2O3. The Kier molecular flexibility index (Phi) is 5.74. The third-order valence-electron chi connectivity index (χ3n) is 3.85. The van der Waals surface area contributed by atoms with Crippen LogP contribution in [0.15, 0.2) is 72.8 Å². The maximum atomic E-state index is 12.4. The molecular weight excluding hydrogens is 364 g/mol. The van der Waals surface area contributed by atoms with Crippen LogP contribution in [-0.4, -0.2) is 18.9 Å². The summed E-state index contributed by atoms with van der Waals surface area (Å²) in [5, 5.41) is 5.94. The number of benzene rings is 3. The summed E-state index contributed by atoms with van der Waals surface area (Å²) in [6.45, 7) is 0. The van der Waals surface area contributed by atoms with Crippen molar-refractivity contribution in [1.82, 2.24) is 0 Å². The van der Waals surface area contributed by atoms with Gasteiger partial charge >= 0.3 is 0 Å². The minimum Gasteiger partial charge on any atom is -0.497 e. The van der Waals surface area contributed by atoms with Gasteiger partial charge in [0.25, 0.3) is 11.8 Å². The van der Waals surface area contributed by atoms with E-state index < -0.39 is 0 Å². The van der Waals surface area contributed by atoms with Gasteiger partial charge in [-0.1, -0.05) is 29.8 Å². The third-order valence-corrected chi connectivity index (χ3v) is 4.18. The average Bonchev–Trinajstić information content (AvgIpc) is 2.69. The van der Waals surface area contributed by atoms with Gasteiger partial charge in [0, 0.05) is 23.0 Å². The van der Waals surface area contributed by atoms with E-state index in [9.17, 15) is 9.59 Å². The number of hydrogen-bond donors (Lipinski definition) is 2. The highest BCUT2D eigenvalue weighted by molar-refractivity contribution is 6.34. The zero-order valence-electron chi connectivity index (χ0n) is 14.5. The van der Waals surface area contributed by atoms with Gasteiger partial charge in [-0.3, -0.25) is 9.59 Å². The quantitative estimate of drug-likeness (QED) is 0.664. The predicted octanol–water partition coefficient (Wildman–Crippen LogP) is 4.85. The molecule has 2 amide bonds. The average molecular weight is 381 g/mol. The van der Waals surface area contributed by atoms with E-state index in [0.717, 1.165) is 0 Å². The first kappa shape index (κ1) is 18.5. The molecule has 0 radical (unpaired) electrons. The maximum Gasteiger partial charge on any atom is 0.257 e. The van der Waals surface area contributed by atoms with Gasteiger partial charge in [0.2, 0.25) is 0 Å². The van der Waals surface area contributed by atoms with E-state index in [1.807, 2.05) is 0 Å². The van der Waals surface area contributed by atoms with Gasteiger partial charge in [-0.2, -0.15) is 0 Å². The van der Waals surface area contributed by atoms with Gasteiger partial charge in [0.15, 0.2) is 0 Å². The lowest BCUT2D eigenvalue weighted by Gasteiger charge is -2.09. The van der Waals surface area contributed by atoms with Crippen LogP contribution < -0.4 is 15.4 Å². The SMILES string of the molecule is COc1cccc(NC(=O)c2ccc(NC(=O)c3ccccc3Cl)cc2)c1. The molecule has 0 atom stereocenters. The van der Waals surface area contributed by atoms with Gasteiger partial charge in [-0.05, 0) is 48.5 Å². The third kappa shape index (κ3) is 4.65. The molecule has 3 aromatic carbocycles. The summed E-state index contributed by atoms with van der Waals surface area (Å²) < 4.78 is 5.14. The fourth-order valence-electron chi connectivity index (χ4n) is 2.45. The Balaban J connectivity index is 1.67. The van der Waals surface area contributed by atoms with E-state index in [4.69, 9.17) is 16.3 Å². The normalized spacial score (nSPS) is 10.1. The molecule has 0 spiro atoms. The van der Waals surface area contributed by atoms with Crippen LogP contribution in [0.25, 0.3) is 0 Å². The van der Waals surface area contributed by atoms with Gasteiger partial charge < -0.3 is 15.4 Å². The van der Waals surface area contributed by atoms with Crippen molar-refractivity contribution in [3.8, 4) is 5.75 Å². The second-order valence-corrected chi connectivity index (χ2v) is 6.10. The van der Waals surface area contributed by atoms with Crippen LogP contribution in [0.3, 0.4) is 0 Å². The van der Waals surface area contributed by atoms with Crippen LogP contribution >= 0.6 is 11.6 Å². The molecule has 0 aliphatic heterocycles. The molecule has 5 nitrogen and oxygen atoms in total. The smallest absolute Gasteiger partial charge is 0.257 e. The highest BCUT2D eigenvalue weighted by Crippen LogP contribution is 2.19. The Morgan fingerprint density at radius 1 is 0.815 bits per heavy atom. The first-order valence-electron chi connectivity index (χ1n) is 8.18. The second-order valence-electron chi connectivity index (χ2n) is 5.70. The van der Waals surface area contributed by atoms with E-state index in [-0.39, 0.29) is 11.8 Å². The van der Waals surface area contributed by atoms with Crippen molar-refractivity contribution in [3.05, 3.63) is 88.9 Å². The number of nitrogens with one attached hydrogen (secondary N) is 2. The Morgan fingerprint density at radius 2 is 1.52 bits per heavy atom. The summed E-state index contributed by atoms with van der Waals surface area (Å²) in [4.78, 5) is 24.6. The van der Waals surface area contributed by atoms with E-state index in [0.29, 0.717) is 33.3 Å². The molecule has 136 valence electrons. The number of anilines is 2. The van der Waals surface area contributed by atoms with Crippen molar-refractivity contribution < 1.29 is 14.3 Å². The number of methoxy groups -OCH3 is 1. The molecule has 0 aromatic heterocycles. The first-order valence-corrected chi connectivity index (χ1v) is 8.56. The number of ether oxygens (including phenoxy) is 1. The Bertz CT molecular complexity index is 971. The summed E-state index contributed by atoms with van der Waals surface area (Å²) in [7, 11) is 1.57. The summed E-state index contributed by atoms with van der Waals surface area (Å²) in [6, 6.07) is 20.5. The van der Waals surface area contributed by atoms with Crippen LogP contribution in [0, 0.1) is 0 Å². The fourth-order valence-corrected chi connectivity index (χ4v) is 2.67. The molecule has 0 bridgehead atoms. The number of rotatable bonds is 5. The molecule has 0 unspecified atom stereocenters. The minimum atomic E-state index is -0.311. The monoisotopic (exact) mass is 380 g/mol. The molecule has 0 saturated carbocycles. The van der Waals surface area contributed by atoms with E-state index in [1.54, 1.807) is 79.9 Å². The molecule has 0 aliphatic carbocycles. The van der Waals surface area contributed by atoms with E-state index in [2.05, 4.69) is 10.6 Å². The Labute approximate surface area is 161 Å². The first-order chi connectivity index (χ1) is 13.1. The van der Waals surface area contributed by atoms with Gasteiger partial charge in [0.1, 0.15) is 5.75 Å². The summed E-state index contributed by atoms with van der Waals surface area (Å²) in [5.74, 6) is 0.0897. The Hall–Kier alpha value is -3.31. The highest BCUT2D eigenvalue weighted by atomic mass is 35.5. The molecule has 3 aromatic rings. The molecule has 27 heavy (non-hydrogen) atoms.